The minimum Gasteiger partial charge on any atom is -0.440 e. The summed E-state index contributed by atoms with van der Waals surface area (Å²) in [6.45, 7) is 2.07. The molecule has 0 atom stereocenters. The third kappa shape index (κ3) is 2.44. The van der Waals surface area contributed by atoms with Gasteiger partial charge in [0.15, 0.2) is 0 Å². The molecule has 6 nitrogen and oxygen atoms in total. The van der Waals surface area contributed by atoms with Crippen molar-refractivity contribution in [1.82, 2.24) is 20.0 Å². The second-order valence-electron chi connectivity index (χ2n) is 5.07. The van der Waals surface area contributed by atoms with Crippen LogP contribution in [0.4, 0.5) is 0 Å². The molecular weight excluding hydrogens is 312 g/mol. The maximum Gasteiger partial charge on any atom is 0.277 e. The van der Waals surface area contributed by atoms with Gasteiger partial charge >= 0.3 is 0 Å². The lowest BCUT2D eigenvalue weighted by Crippen LogP contribution is -2.25. The van der Waals surface area contributed by atoms with E-state index in [1.807, 2.05) is 36.6 Å². The molecule has 3 aromatic heterocycles. The zero-order valence-electron chi connectivity index (χ0n) is 12.3. The summed E-state index contributed by atoms with van der Waals surface area (Å²) >= 11 is 1.56. The van der Waals surface area contributed by atoms with Crippen LogP contribution in [-0.2, 0) is 6.54 Å². The summed E-state index contributed by atoms with van der Waals surface area (Å²) in [5.74, 6) is 1.24. The summed E-state index contributed by atoms with van der Waals surface area (Å²) in [4.78, 5) is 17.9. The zero-order valence-corrected chi connectivity index (χ0v) is 13.1. The molecule has 0 radical (unpaired) electrons. The first-order valence-corrected chi connectivity index (χ1v) is 7.93. The topological polar surface area (TPSA) is 73.8 Å². The van der Waals surface area contributed by atoms with Crippen LogP contribution in [0.15, 0.2) is 51.0 Å². The number of fused-ring (bicyclic) bond motifs is 1. The van der Waals surface area contributed by atoms with Crippen molar-refractivity contribution in [3.8, 4) is 10.8 Å². The van der Waals surface area contributed by atoms with E-state index in [-0.39, 0.29) is 12.1 Å². The Hall–Kier alpha value is -2.80. The van der Waals surface area contributed by atoms with E-state index in [0.29, 0.717) is 28.2 Å². The second kappa shape index (κ2) is 5.44. The second-order valence-corrected chi connectivity index (χ2v) is 6.02. The Bertz CT molecular complexity index is 1030. The Morgan fingerprint density at radius 2 is 2.09 bits per heavy atom. The van der Waals surface area contributed by atoms with Crippen molar-refractivity contribution in [1.29, 1.82) is 0 Å². The summed E-state index contributed by atoms with van der Waals surface area (Å²) in [6.07, 6.45) is 0. The SMILES string of the molecule is Cc1oc(-c2cccs2)nc1Cn1nnc2ccccc2c1=O. The molecule has 0 aliphatic carbocycles. The van der Waals surface area contributed by atoms with Gasteiger partial charge in [-0.15, -0.1) is 16.4 Å². The minimum atomic E-state index is -0.185. The fourth-order valence-corrected chi connectivity index (χ4v) is 3.00. The van der Waals surface area contributed by atoms with E-state index in [1.54, 1.807) is 23.5 Å². The van der Waals surface area contributed by atoms with Crippen molar-refractivity contribution in [2.24, 2.45) is 0 Å². The van der Waals surface area contributed by atoms with E-state index in [4.69, 9.17) is 4.42 Å². The molecule has 0 aliphatic rings. The highest BCUT2D eigenvalue weighted by molar-refractivity contribution is 7.13. The monoisotopic (exact) mass is 324 g/mol. The Balaban J connectivity index is 1.74. The molecule has 0 saturated carbocycles. The quantitative estimate of drug-likeness (QED) is 0.579. The Morgan fingerprint density at radius 3 is 2.91 bits per heavy atom. The van der Waals surface area contributed by atoms with E-state index in [1.165, 1.54) is 4.68 Å². The Labute approximate surface area is 135 Å². The molecule has 23 heavy (non-hydrogen) atoms. The summed E-state index contributed by atoms with van der Waals surface area (Å²) in [5, 5.41) is 10.6. The number of oxazole rings is 1. The molecular formula is C16H12N4O2S. The molecule has 0 bridgehead atoms. The van der Waals surface area contributed by atoms with Crippen LogP contribution in [0.3, 0.4) is 0 Å². The van der Waals surface area contributed by atoms with E-state index in [2.05, 4.69) is 15.3 Å². The number of benzene rings is 1. The Morgan fingerprint density at radius 1 is 1.22 bits per heavy atom. The van der Waals surface area contributed by atoms with E-state index >= 15 is 0 Å². The van der Waals surface area contributed by atoms with Crippen LogP contribution in [0.5, 0.6) is 0 Å². The Kier molecular flexibility index (Phi) is 3.27. The molecule has 4 aromatic rings. The number of hydrogen-bond acceptors (Lipinski definition) is 6. The predicted molar refractivity (Wildman–Crippen MR) is 87.5 cm³/mol. The number of nitrogens with zero attached hydrogens (tertiary/aromatic N) is 4. The van der Waals surface area contributed by atoms with Crippen molar-refractivity contribution >= 4 is 22.2 Å². The highest BCUT2D eigenvalue weighted by Crippen LogP contribution is 2.26. The van der Waals surface area contributed by atoms with Gasteiger partial charge in [0, 0.05) is 0 Å². The van der Waals surface area contributed by atoms with Crippen LogP contribution in [0, 0.1) is 6.92 Å². The summed E-state index contributed by atoms with van der Waals surface area (Å²) < 4.78 is 7.01. The first kappa shape index (κ1) is 13.8. The van der Waals surface area contributed by atoms with Crippen molar-refractivity contribution < 1.29 is 4.42 Å². The molecule has 0 unspecified atom stereocenters. The zero-order chi connectivity index (χ0) is 15.8. The van der Waals surface area contributed by atoms with Crippen LogP contribution in [0.25, 0.3) is 21.7 Å². The largest absolute Gasteiger partial charge is 0.440 e. The lowest BCUT2D eigenvalue weighted by Gasteiger charge is -2.02. The average molecular weight is 324 g/mol. The lowest BCUT2D eigenvalue weighted by molar-refractivity contribution is 0.532. The molecule has 0 spiro atoms. The van der Waals surface area contributed by atoms with Gasteiger partial charge in [0.05, 0.1) is 16.8 Å². The summed E-state index contributed by atoms with van der Waals surface area (Å²) in [6, 6.07) is 11.0. The van der Waals surface area contributed by atoms with E-state index in [0.717, 1.165) is 4.88 Å². The van der Waals surface area contributed by atoms with Crippen molar-refractivity contribution in [2.75, 3.05) is 0 Å². The van der Waals surface area contributed by atoms with Crippen LogP contribution < -0.4 is 5.56 Å². The van der Waals surface area contributed by atoms with Gasteiger partial charge in [-0.05, 0) is 30.5 Å². The van der Waals surface area contributed by atoms with Gasteiger partial charge in [-0.2, -0.15) is 0 Å². The van der Waals surface area contributed by atoms with Crippen LogP contribution in [-0.4, -0.2) is 20.0 Å². The molecule has 4 rings (SSSR count). The molecule has 114 valence electrons. The molecule has 7 heteroatoms. The third-order valence-electron chi connectivity index (χ3n) is 3.55. The summed E-state index contributed by atoms with van der Waals surface area (Å²) in [7, 11) is 0. The van der Waals surface area contributed by atoms with Gasteiger partial charge in [-0.3, -0.25) is 4.79 Å². The van der Waals surface area contributed by atoms with Gasteiger partial charge in [0.2, 0.25) is 5.89 Å². The fraction of sp³-hybridized carbons (Fsp3) is 0.125. The first-order chi connectivity index (χ1) is 11.2. The standard InChI is InChI=1S/C16H12N4O2S/c1-10-13(17-15(22-10)14-7-4-8-23-14)9-20-16(21)11-5-2-3-6-12(11)18-19-20/h2-8H,9H2,1H3. The minimum absolute atomic E-state index is 0.185. The first-order valence-electron chi connectivity index (χ1n) is 7.05. The molecule has 0 fully saturated rings. The van der Waals surface area contributed by atoms with Gasteiger partial charge < -0.3 is 4.42 Å². The molecule has 0 saturated heterocycles. The van der Waals surface area contributed by atoms with Crippen LogP contribution in [0.1, 0.15) is 11.5 Å². The van der Waals surface area contributed by atoms with Crippen molar-refractivity contribution in [3.63, 3.8) is 0 Å². The van der Waals surface area contributed by atoms with Gasteiger partial charge in [0.25, 0.3) is 5.56 Å². The molecule has 1 aromatic carbocycles. The number of hydrogen-bond donors (Lipinski definition) is 0. The number of thiophene rings is 1. The molecule has 0 N–H and O–H groups in total. The van der Waals surface area contributed by atoms with Crippen molar-refractivity contribution in [2.45, 2.75) is 13.5 Å². The maximum atomic E-state index is 12.5. The van der Waals surface area contributed by atoms with Crippen LogP contribution in [0.2, 0.25) is 0 Å². The smallest absolute Gasteiger partial charge is 0.277 e. The highest BCUT2D eigenvalue weighted by Gasteiger charge is 2.14. The number of rotatable bonds is 3. The predicted octanol–water partition coefficient (Wildman–Crippen LogP) is 2.86. The van der Waals surface area contributed by atoms with Crippen molar-refractivity contribution in [3.05, 3.63) is 63.6 Å². The van der Waals surface area contributed by atoms with E-state index in [9.17, 15) is 4.79 Å². The molecule has 0 amide bonds. The van der Waals surface area contributed by atoms with Crippen LogP contribution >= 0.6 is 11.3 Å². The number of aryl methyl sites for hydroxylation is 1. The molecule has 0 aliphatic heterocycles. The fourth-order valence-electron chi connectivity index (χ4n) is 2.35. The third-order valence-corrected chi connectivity index (χ3v) is 4.41. The number of aromatic nitrogens is 4. The van der Waals surface area contributed by atoms with Gasteiger partial charge in [0.1, 0.15) is 17.0 Å². The normalized spacial score (nSPS) is 11.2. The average Bonchev–Trinajstić information content (AvgIpc) is 3.21. The van der Waals surface area contributed by atoms with Gasteiger partial charge in [-0.25, -0.2) is 9.67 Å². The molecule has 3 heterocycles. The van der Waals surface area contributed by atoms with Gasteiger partial charge in [-0.1, -0.05) is 23.4 Å². The summed E-state index contributed by atoms with van der Waals surface area (Å²) in [5.41, 5.74) is 1.08. The highest BCUT2D eigenvalue weighted by atomic mass is 32.1. The maximum absolute atomic E-state index is 12.5. The van der Waals surface area contributed by atoms with E-state index < -0.39 is 0 Å². The lowest BCUT2D eigenvalue weighted by atomic mass is 10.2.